The van der Waals surface area contributed by atoms with Crippen LogP contribution >= 0.6 is 11.3 Å². The van der Waals surface area contributed by atoms with Crippen molar-refractivity contribution in [3.05, 3.63) is 63.0 Å². The van der Waals surface area contributed by atoms with Crippen molar-refractivity contribution in [2.75, 3.05) is 31.1 Å². The number of nitrogens with zero attached hydrogens (tertiary/aromatic N) is 4. The number of ketones is 1. The zero-order valence-electron chi connectivity index (χ0n) is 21.4. The van der Waals surface area contributed by atoms with Gasteiger partial charge in [-0.3, -0.25) is 23.9 Å². The fourth-order valence-electron chi connectivity index (χ4n) is 5.15. The Morgan fingerprint density at radius 3 is 2.76 bits per heavy atom. The zero-order chi connectivity index (χ0) is 26.1. The smallest absolute Gasteiger partial charge is 0.265 e. The summed E-state index contributed by atoms with van der Waals surface area (Å²) in [7, 11) is 0. The normalized spacial score (nSPS) is 15.0. The van der Waals surface area contributed by atoms with Crippen LogP contribution in [-0.4, -0.2) is 52.4 Å². The van der Waals surface area contributed by atoms with E-state index in [1.807, 2.05) is 0 Å². The van der Waals surface area contributed by atoms with Crippen molar-refractivity contribution in [1.82, 2.24) is 14.5 Å². The molecule has 0 saturated carbocycles. The van der Waals surface area contributed by atoms with Crippen molar-refractivity contribution in [3.8, 4) is 5.75 Å². The number of Topliss-reactive ketones (excluding diaryl/α,β-unsaturated/α-hetero) is 1. The summed E-state index contributed by atoms with van der Waals surface area (Å²) in [5.74, 6) is 0.752. The van der Waals surface area contributed by atoms with Gasteiger partial charge in [0.05, 0.1) is 24.2 Å². The van der Waals surface area contributed by atoms with Gasteiger partial charge in [-0.05, 0) is 62.5 Å². The summed E-state index contributed by atoms with van der Waals surface area (Å²) < 4.78 is 7.12. The molecule has 8 nitrogen and oxygen atoms in total. The first-order valence-corrected chi connectivity index (χ1v) is 13.7. The molecule has 0 saturated heterocycles. The summed E-state index contributed by atoms with van der Waals surface area (Å²) in [5, 5.41) is 0.678. The number of anilines is 1. The van der Waals surface area contributed by atoms with Gasteiger partial charge in [0.1, 0.15) is 16.4 Å². The molecule has 1 amide bonds. The molecular formula is C28H32N4O4S. The third-order valence-electron chi connectivity index (χ3n) is 7.25. The van der Waals surface area contributed by atoms with Crippen LogP contribution in [0.3, 0.4) is 0 Å². The molecular weight excluding hydrogens is 488 g/mol. The number of ether oxygens (including phenoxy) is 1. The Hall–Kier alpha value is -3.30. The van der Waals surface area contributed by atoms with Gasteiger partial charge in [0, 0.05) is 17.0 Å². The second kappa shape index (κ2) is 10.6. The van der Waals surface area contributed by atoms with E-state index in [1.165, 1.54) is 4.88 Å². The van der Waals surface area contributed by atoms with E-state index in [2.05, 4.69) is 25.3 Å². The van der Waals surface area contributed by atoms with E-state index in [0.29, 0.717) is 41.3 Å². The van der Waals surface area contributed by atoms with Crippen LogP contribution in [0.2, 0.25) is 0 Å². The number of fused-ring (bicyclic) bond motifs is 4. The maximum atomic E-state index is 13.9. The quantitative estimate of drug-likeness (QED) is 0.314. The van der Waals surface area contributed by atoms with Crippen molar-refractivity contribution in [2.45, 2.75) is 52.6 Å². The van der Waals surface area contributed by atoms with Crippen molar-refractivity contribution in [2.24, 2.45) is 0 Å². The van der Waals surface area contributed by atoms with Crippen LogP contribution in [0, 0.1) is 0 Å². The molecule has 2 aliphatic rings. The maximum absolute atomic E-state index is 13.9. The van der Waals surface area contributed by atoms with Gasteiger partial charge in [0.15, 0.2) is 12.4 Å². The van der Waals surface area contributed by atoms with Crippen LogP contribution in [0.5, 0.6) is 5.75 Å². The lowest BCUT2D eigenvalue weighted by Gasteiger charge is -2.28. The lowest BCUT2D eigenvalue weighted by Crippen LogP contribution is -2.39. The van der Waals surface area contributed by atoms with Gasteiger partial charge in [-0.25, -0.2) is 4.98 Å². The highest BCUT2D eigenvalue weighted by molar-refractivity contribution is 7.18. The molecule has 0 atom stereocenters. The number of hydrogen-bond donors (Lipinski definition) is 0. The molecule has 1 aliphatic heterocycles. The van der Waals surface area contributed by atoms with Crippen molar-refractivity contribution < 1.29 is 14.3 Å². The van der Waals surface area contributed by atoms with Crippen LogP contribution in [-0.2, 0) is 30.7 Å². The van der Waals surface area contributed by atoms with Gasteiger partial charge in [0.25, 0.3) is 11.5 Å². The zero-order valence-corrected chi connectivity index (χ0v) is 22.2. The van der Waals surface area contributed by atoms with Crippen molar-refractivity contribution >= 4 is 38.9 Å². The molecule has 1 aliphatic carbocycles. The van der Waals surface area contributed by atoms with E-state index in [4.69, 9.17) is 9.72 Å². The van der Waals surface area contributed by atoms with Gasteiger partial charge < -0.3 is 9.64 Å². The summed E-state index contributed by atoms with van der Waals surface area (Å²) in [4.78, 5) is 50.6. The standard InChI is InChI=1S/C28H32N4O4S/c1-4-13-31-20-14-18(11-12-22(20)36-17-25(31)34)21(33)15-32-24(16-30(5-2)6-3)29-27-26(28(32)35)19-9-7-8-10-23(19)37-27/h4,11-12,14H,1,5-10,13,15-17H2,2-3H3. The highest BCUT2D eigenvalue weighted by Gasteiger charge is 2.27. The second-order valence-electron chi connectivity index (χ2n) is 9.46. The number of amides is 1. The lowest BCUT2D eigenvalue weighted by molar-refractivity contribution is -0.121. The Bertz CT molecular complexity index is 1440. The molecule has 0 radical (unpaired) electrons. The predicted molar refractivity (Wildman–Crippen MR) is 146 cm³/mol. The van der Waals surface area contributed by atoms with Crippen LogP contribution in [0.1, 0.15) is 53.3 Å². The number of aromatic nitrogens is 2. The highest BCUT2D eigenvalue weighted by atomic mass is 32.1. The topological polar surface area (TPSA) is 84.7 Å². The number of carbonyl (C=O) groups is 2. The van der Waals surface area contributed by atoms with Gasteiger partial charge in [-0.1, -0.05) is 19.9 Å². The SMILES string of the molecule is C=CCN1C(=O)COc2ccc(C(=O)Cn3c(CN(CC)CC)nc4sc5c(c4c3=O)CCCC5)cc21. The van der Waals surface area contributed by atoms with E-state index < -0.39 is 0 Å². The molecule has 3 aromatic rings. The van der Waals surface area contributed by atoms with Crippen LogP contribution in [0.25, 0.3) is 10.2 Å². The Morgan fingerprint density at radius 1 is 1.22 bits per heavy atom. The fraction of sp³-hybridized carbons (Fsp3) is 0.429. The van der Waals surface area contributed by atoms with Crippen molar-refractivity contribution in [1.29, 1.82) is 0 Å². The molecule has 0 spiro atoms. The van der Waals surface area contributed by atoms with Crippen LogP contribution in [0.4, 0.5) is 5.69 Å². The molecule has 2 aromatic heterocycles. The summed E-state index contributed by atoms with van der Waals surface area (Å²) in [5.41, 5.74) is 1.94. The number of thiophene rings is 1. The van der Waals surface area contributed by atoms with E-state index in [0.717, 1.165) is 49.2 Å². The Kier molecular flexibility index (Phi) is 7.26. The lowest BCUT2D eigenvalue weighted by atomic mass is 9.97. The molecule has 0 N–H and O–H groups in total. The number of benzene rings is 1. The number of hydrogen-bond acceptors (Lipinski definition) is 7. The minimum atomic E-state index is -0.215. The molecule has 9 heteroatoms. The maximum Gasteiger partial charge on any atom is 0.265 e. The van der Waals surface area contributed by atoms with Gasteiger partial charge in [0.2, 0.25) is 0 Å². The highest BCUT2D eigenvalue weighted by Crippen LogP contribution is 2.35. The molecule has 0 fully saturated rings. The molecule has 3 heterocycles. The molecule has 5 rings (SSSR count). The number of carbonyl (C=O) groups excluding carboxylic acids is 2. The third-order valence-corrected chi connectivity index (χ3v) is 8.44. The first kappa shape index (κ1) is 25.4. The predicted octanol–water partition coefficient (Wildman–Crippen LogP) is 3.97. The number of aryl methyl sites for hydroxylation is 2. The molecule has 0 bridgehead atoms. The minimum absolute atomic E-state index is 0.0467. The Morgan fingerprint density at radius 2 is 2.00 bits per heavy atom. The molecule has 0 unspecified atom stereocenters. The third kappa shape index (κ3) is 4.73. The second-order valence-corrected chi connectivity index (χ2v) is 10.5. The average molecular weight is 521 g/mol. The van der Waals surface area contributed by atoms with Crippen LogP contribution < -0.4 is 15.2 Å². The first-order valence-electron chi connectivity index (χ1n) is 12.9. The number of rotatable bonds is 9. The molecule has 37 heavy (non-hydrogen) atoms. The summed E-state index contributed by atoms with van der Waals surface area (Å²) in [6.07, 6.45) is 5.70. The van der Waals surface area contributed by atoms with Gasteiger partial charge >= 0.3 is 0 Å². The van der Waals surface area contributed by atoms with E-state index in [9.17, 15) is 14.4 Å². The van der Waals surface area contributed by atoms with Crippen LogP contribution in [0.15, 0.2) is 35.6 Å². The van der Waals surface area contributed by atoms with Gasteiger partial charge in [-0.2, -0.15) is 0 Å². The Labute approximate surface area is 220 Å². The van der Waals surface area contributed by atoms with Crippen molar-refractivity contribution in [3.63, 3.8) is 0 Å². The average Bonchev–Trinajstić information content (AvgIpc) is 3.29. The Balaban J connectivity index is 1.56. The van der Waals surface area contributed by atoms with E-state index in [1.54, 1.807) is 45.1 Å². The summed E-state index contributed by atoms with van der Waals surface area (Å²) in [6.45, 7) is 10.2. The minimum Gasteiger partial charge on any atom is -0.482 e. The summed E-state index contributed by atoms with van der Waals surface area (Å²) in [6, 6.07) is 5.07. The van der Waals surface area contributed by atoms with E-state index in [-0.39, 0.29) is 30.4 Å². The fourth-order valence-corrected chi connectivity index (χ4v) is 6.42. The molecule has 1 aromatic carbocycles. The first-order chi connectivity index (χ1) is 17.9. The molecule has 194 valence electrons. The van der Waals surface area contributed by atoms with Gasteiger partial charge in [-0.15, -0.1) is 17.9 Å². The summed E-state index contributed by atoms with van der Waals surface area (Å²) >= 11 is 1.63. The largest absolute Gasteiger partial charge is 0.482 e. The monoisotopic (exact) mass is 520 g/mol. The van der Waals surface area contributed by atoms with E-state index >= 15 is 0 Å².